The van der Waals surface area contributed by atoms with Crippen LogP contribution in [0.3, 0.4) is 0 Å². The fraction of sp³-hybridized carbons (Fsp3) is 0.667. The number of hydrogen-bond donors (Lipinski definition) is 1. The molecule has 0 unspecified atom stereocenters. The third-order valence-corrected chi connectivity index (χ3v) is 3.32. The average molecular weight is 223 g/mol. The lowest BCUT2D eigenvalue weighted by Gasteiger charge is -2.34. The molecular weight excluding hydrogens is 205 g/mol. The van der Waals surface area contributed by atoms with E-state index in [1.54, 1.807) is 0 Å². The van der Waals surface area contributed by atoms with Crippen LogP contribution in [0.2, 0.25) is 0 Å². The highest BCUT2D eigenvalue weighted by Crippen LogP contribution is 2.35. The van der Waals surface area contributed by atoms with Gasteiger partial charge in [-0.05, 0) is 31.1 Å². The molecule has 0 saturated heterocycles. The summed E-state index contributed by atoms with van der Waals surface area (Å²) in [5, 5.41) is 3.27. The van der Waals surface area contributed by atoms with E-state index in [1.165, 1.54) is 25.2 Å². The molecule has 1 aromatic heterocycles. The summed E-state index contributed by atoms with van der Waals surface area (Å²) < 4.78 is 12.9. The third-order valence-electron chi connectivity index (χ3n) is 3.32. The fourth-order valence-corrected chi connectivity index (χ4v) is 2.17. The van der Waals surface area contributed by atoms with E-state index < -0.39 is 5.95 Å². The van der Waals surface area contributed by atoms with E-state index >= 15 is 0 Å². The molecule has 0 radical (unpaired) electrons. The molecule has 0 spiro atoms. The Balaban J connectivity index is 1.92. The second-order valence-corrected chi connectivity index (χ2v) is 5.31. The Hall–Kier alpha value is -1.19. The van der Waals surface area contributed by atoms with Crippen LogP contribution in [0.4, 0.5) is 10.2 Å². The van der Waals surface area contributed by atoms with Crippen molar-refractivity contribution in [2.24, 2.45) is 5.41 Å². The number of nitrogens with one attached hydrogen (secondary N) is 1. The van der Waals surface area contributed by atoms with Crippen molar-refractivity contribution in [1.82, 2.24) is 9.97 Å². The van der Waals surface area contributed by atoms with E-state index in [1.807, 2.05) is 0 Å². The lowest BCUT2D eigenvalue weighted by atomic mass is 9.75. The van der Waals surface area contributed by atoms with Crippen LogP contribution in [0.15, 0.2) is 12.4 Å². The smallest absolute Gasteiger partial charge is 0.217 e. The summed E-state index contributed by atoms with van der Waals surface area (Å²) in [6, 6.07) is 1.77. The van der Waals surface area contributed by atoms with Crippen molar-refractivity contribution in [1.29, 1.82) is 0 Å². The van der Waals surface area contributed by atoms with Gasteiger partial charge in [-0.2, -0.15) is 4.39 Å². The molecule has 1 aliphatic carbocycles. The second kappa shape index (κ2) is 4.36. The van der Waals surface area contributed by atoms with Gasteiger partial charge in [0, 0.05) is 12.1 Å². The number of aromatic nitrogens is 2. The zero-order chi connectivity index (χ0) is 11.6. The highest BCUT2D eigenvalue weighted by Gasteiger charge is 2.26. The second-order valence-electron chi connectivity index (χ2n) is 5.31. The average Bonchev–Trinajstić information content (AvgIpc) is 2.21. The molecule has 0 aromatic carbocycles. The van der Waals surface area contributed by atoms with Crippen LogP contribution < -0.4 is 5.32 Å². The molecule has 3 nitrogen and oxygen atoms in total. The molecule has 88 valence electrons. The topological polar surface area (TPSA) is 37.8 Å². The van der Waals surface area contributed by atoms with Gasteiger partial charge in [-0.3, -0.25) is 0 Å². The Bertz CT molecular complexity index is 355. The molecule has 1 heterocycles. The van der Waals surface area contributed by atoms with Crippen LogP contribution in [0.25, 0.3) is 0 Å². The molecule has 0 amide bonds. The Kier molecular flexibility index (Phi) is 3.08. The molecule has 1 N–H and O–H groups in total. The zero-order valence-corrected chi connectivity index (χ0v) is 9.83. The van der Waals surface area contributed by atoms with Gasteiger partial charge in [-0.25, -0.2) is 9.97 Å². The predicted molar refractivity (Wildman–Crippen MR) is 61.6 cm³/mol. The van der Waals surface area contributed by atoms with Crippen LogP contribution in [0, 0.1) is 11.4 Å². The standard InChI is InChI=1S/C12H18FN3/c1-12(2)5-3-9(4-6-12)16-11-7-10(13)14-8-15-11/h7-9H,3-6H2,1-2H3,(H,14,15,16). The third kappa shape index (κ3) is 2.90. The van der Waals surface area contributed by atoms with Crippen molar-refractivity contribution in [2.75, 3.05) is 5.32 Å². The van der Waals surface area contributed by atoms with Crippen molar-refractivity contribution >= 4 is 5.82 Å². The predicted octanol–water partition coefficient (Wildman–Crippen LogP) is 3.00. The van der Waals surface area contributed by atoms with E-state index in [-0.39, 0.29) is 0 Å². The monoisotopic (exact) mass is 223 g/mol. The first kappa shape index (κ1) is 11.3. The van der Waals surface area contributed by atoms with Crippen LogP contribution >= 0.6 is 0 Å². The maximum absolute atomic E-state index is 12.9. The van der Waals surface area contributed by atoms with Crippen LogP contribution in [-0.4, -0.2) is 16.0 Å². The summed E-state index contributed by atoms with van der Waals surface area (Å²) in [5.41, 5.74) is 0.453. The fourth-order valence-electron chi connectivity index (χ4n) is 2.17. The van der Waals surface area contributed by atoms with Crippen molar-refractivity contribution in [3.8, 4) is 0 Å². The molecule has 16 heavy (non-hydrogen) atoms. The highest BCUT2D eigenvalue weighted by atomic mass is 19.1. The molecule has 0 aliphatic heterocycles. The van der Waals surface area contributed by atoms with Gasteiger partial charge in [0.2, 0.25) is 5.95 Å². The minimum Gasteiger partial charge on any atom is -0.367 e. The van der Waals surface area contributed by atoms with Crippen molar-refractivity contribution < 1.29 is 4.39 Å². The molecule has 1 aromatic rings. The minimum atomic E-state index is -0.478. The first-order valence-electron chi connectivity index (χ1n) is 5.79. The van der Waals surface area contributed by atoms with Gasteiger partial charge in [-0.15, -0.1) is 0 Å². The van der Waals surface area contributed by atoms with E-state index in [0.717, 1.165) is 12.8 Å². The summed E-state index contributed by atoms with van der Waals surface area (Å²) in [7, 11) is 0. The van der Waals surface area contributed by atoms with Crippen LogP contribution in [0.5, 0.6) is 0 Å². The SMILES string of the molecule is CC1(C)CCC(Nc2cc(F)ncn2)CC1. The van der Waals surface area contributed by atoms with Crippen LogP contribution in [0.1, 0.15) is 39.5 Å². The number of anilines is 1. The normalized spacial score (nSPS) is 20.7. The molecule has 1 fully saturated rings. The van der Waals surface area contributed by atoms with Gasteiger partial charge in [-0.1, -0.05) is 13.8 Å². The number of rotatable bonds is 2. The maximum Gasteiger partial charge on any atom is 0.217 e. The van der Waals surface area contributed by atoms with Gasteiger partial charge in [0.1, 0.15) is 12.1 Å². The van der Waals surface area contributed by atoms with Gasteiger partial charge in [0.15, 0.2) is 0 Å². The largest absolute Gasteiger partial charge is 0.367 e. The van der Waals surface area contributed by atoms with Crippen molar-refractivity contribution in [3.63, 3.8) is 0 Å². The maximum atomic E-state index is 12.9. The summed E-state index contributed by atoms with van der Waals surface area (Å²) in [6.45, 7) is 4.60. The molecule has 2 rings (SSSR count). The minimum absolute atomic E-state index is 0.419. The van der Waals surface area contributed by atoms with Crippen molar-refractivity contribution in [2.45, 2.75) is 45.6 Å². The van der Waals surface area contributed by atoms with Crippen molar-refractivity contribution in [3.05, 3.63) is 18.3 Å². The molecule has 0 atom stereocenters. The van der Waals surface area contributed by atoms with E-state index in [0.29, 0.717) is 17.3 Å². The van der Waals surface area contributed by atoms with Crippen LogP contribution in [-0.2, 0) is 0 Å². The first-order valence-corrected chi connectivity index (χ1v) is 5.79. The Morgan fingerprint density at radius 2 is 2.00 bits per heavy atom. The molecule has 4 heteroatoms. The lowest BCUT2D eigenvalue weighted by Crippen LogP contribution is -2.30. The van der Waals surface area contributed by atoms with Gasteiger partial charge < -0.3 is 5.32 Å². The number of nitrogens with zero attached hydrogens (tertiary/aromatic N) is 2. The quantitative estimate of drug-likeness (QED) is 0.783. The van der Waals surface area contributed by atoms with Gasteiger partial charge in [0.05, 0.1) is 0 Å². The Morgan fingerprint density at radius 3 is 2.62 bits per heavy atom. The first-order chi connectivity index (χ1) is 7.55. The lowest BCUT2D eigenvalue weighted by molar-refractivity contribution is 0.232. The molecule has 0 bridgehead atoms. The summed E-state index contributed by atoms with van der Waals surface area (Å²) in [6.07, 6.45) is 5.91. The highest BCUT2D eigenvalue weighted by molar-refractivity contribution is 5.33. The van der Waals surface area contributed by atoms with E-state index in [9.17, 15) is 4.39 Å². The molecule has 1 aliphatic rings. The number of halogens is 1. The van der Waals surface area contributed by atoms with E-state index in [2.05, 4.69) is 29.1 Å². The van der Waals surface area contributed by atoms with Gasteiger partial charge in [0.25, 0.3) is 0 Å². The summed E-state index contributed by atoms with van der Waals surface area (Å²) in [4.78, 5) is 7.45. The number of hydrogen-bond acceptors (Lipinski definition) is 3. The Morgan fingerprint density at radius 1 is 1.31 bits per heavy atom. The summed E-state index contributed by atoms with van der Waals surface area (Å²) >= 11 is 0. The summed E-state index contributed by atoms with van der Waals surface area (Å²) in [5.74, 6) is 0.117. The molecular formula is C12H18FN3. The van der Waals surface area contributed by atoms with E-state index in [4.69, 9.17) is 0 Å². The van der Waals surface area contributed by atoms with Gasteiger partial charge >= 0.3 is 0 Å². The molecule has 1 saturated carbocycles. The zero-order valence-electron chi connectivity index (χ0n) is 9.83. The Labute approximate surface area is 95.5 Å².